The molecular weight excluding hydrogens is 242 g/mol. The molecule has 3 N–H and O–H groups in total. The van der Waals surface area contributed by atoms with Gasteiger partial charge in [0.1, 0.15) is 5.69 Å². The lowest BCUT2D eigenvalue weighted by Crippen LogP contribution is -2.26. The van der Waals surface area contributed by atoms with Crippen LogP contribution in [0.5, 0.6) is 0 Å². The lowest BCUT2D eigenvalue weighted by molar-refractivity contribution is 0.0940. The Balaban J connectivity index is 1.87. The average molecular weight is 265 g/mol. The number of hydrogen-bond acceptors (Lipinski definition) is 3. The van der Waals surface area contributed by atoms with Crippen molar-refractivity contribution in [3.63, 3.8) is 0 Å². The van der Waals surface area contributed by atoms with Crippen LogP contribution in [0.25, 0.3) is 0 Å². The fraction of sp³-hybridized carbons (Fsp3) is 0.714. The van der Waals surface area contributed by atoms with E-state index in [1.165, 1.54) is 32.1 Å². The van der Waals surface area contributed by atoms with Crippen molar-refractivity contribution in [2.24, 2.45) is 0 Å². The van der Waals surface area contributed by atoms with Crippen LogP contribution in [0.4, 0.5) is 0 Å². The number of nitrogens with zero attached hydrogens (tertiary/aromatic N) is 1. The van der Waals surface area contributed by atoms with Gasteiger partial charge in [0.25, 0.3) is 5.91 Å². The third-order valence-electron chi connectivity index (χ3n) is 3.72. The number of carbonyl (C=O) groups is 1. The fourth-order valence-corrected chi connectivity index (χ4v) is 2.56. The van der Waals surface area contributed by atoms with Crippen LogP contribution in [0.1, 0.15) is 67.5 Å². The summed E-state index contributed by atoms with van der Waals surface area (Å²) >= 11 is 0. The van der Waals surface area contributed by atoms with Gasteiger partial charge in [-0.05, 0) is 32.3 Å². The number of aromatic amines is 1. The van der Waals surface area contributed by atoms with Gasteiger partial charge in [0.2, 0.25) is 0 Å². The first kappa shape index (κ1) is 14.1. The molecule has 1 aliphatic carbocycles. The number of carbonyl (C=O) groups excluding carboxylic acids is 1. The highest BCUT2D eigenvalue weighted by Gasteiger charge is 2.19. The highest BCUT2D eigenvalue weighted by molar-refractivity contribution is 5.92. The van der Waals surface area contributed by atoms with Gasteiger partial charge in [0, 0.05) is 18.2 Å². The van der Waals surface area contributed by atoms with E-state index in [1.807, 2.05) is 6.07 Å². The SMILES string of the molecule is CC(O)CCNC(=O)c1cc(C2CCCCC2)[nH]n1. The standard InChI is InChI=1S/C14H23N3O2/c1-10(18)7-8-15-14(19)13-9-12(16-17-13)11-5-3-2-4-6-11/h9-11,18H,2-8H2,1H3,(H,15,19)(H,16,17). The van der Waals surface area contributed by atoms with Crippen LogP contribution in [-0.2, 0) is 0 Å². The summed E-state index contributed by atoms with van der Waals surface area (Å²) in [6.07, 6.45) is 6.39. The van der Waals surface area contributed by atoms with E-state index in [2.05, 4.69) is 15.5 Å². The molecule has 0 aliphatic heterocycles. The second kappa shape index (κ2) is 6.70. The molecule has 2 rings (SSSR count). The van der Waals surface area contributed by atoms with Crippen molar-refractivity contribution < 1.29 is 9.90 Å². The lowest BCUT2D eigenvalue weighted by Gasteiger charge is -2.19. The summed E-state index contributed by atoms with van der Waals surface area (Å²) in [4.78, 5) is 11.8. The minimum atomic E-state index is -0.391. The fourth-order valence-electron chi connectivity index (χ4n) is 2.56. The van der Waals surface area contributed by atoms with E-state index in [4.69, 9.17) is 5.11 Å². The monoisotopic (exact) mass is 265 g/mol. The second-order valence-electron chi connectivity index (χ2n) is 5.44. The van der Waals surface area contributed by atoms with E-state index in [0.29, 0.717) is 24.6 Å². The summed E-state index contributed by atoms with van der Waals surface area (Å²) in [5.41, 5.74) is 1.53. The van der Waals surface area contributed by atoms with Gasteiger partial charge >= 0.3 is 0 Å². The molecule has 1 fully saturated rings. The van der Waals surface area contributed by atoms with Gasteiger partial charge in [-0.1, -0.05) is 19.3 Å². The average Bonchev–Trinajstić information content (AvgIpc) is 2.89. The Morgan fingerprint density at radius 3 is 2.95 bits per heavy atom. The number of aromatic nitrogens is 2. The molecule has 1 heterocycles. The topological polar surface area (TPSA) is 78.0 Å². The smallest absolute Gasteiger partial charge is 0.271 e. The van der Waals surface area contributed by atoms with E-state index in [-0.39, 0.29) is 5.91 Å². The molecule has 0 radical (unpaired) electrons. The molecule has 5 heteroatoms. The third kappa shape index (κ3) is 4.06. The first-order valence-corrected chi connectivity index (χ1v) is 7.18. The maximum atomic E-state index is 11.8. The zero-order valence-corrected chi connectivity index (χ0v) is 11.5. The maximum absolute atomic E-state index is 11.8. The highest BCUT2D eigenvalue weighted by atomic mass is 16.3. The van der Waals surface area contributed by atoms with Crippen LogP contribution < -0.4 is 5.32 Å². The predicted molar refractivity (Wildman–Crippen MR) is 73.0 cm³/mol. The highest BCUT2D eigenvalue weighted by Crippen LogP contribution is 2.31. The Kier molecular flexibility index (Phi) is 4.96. The van der Waals surface area contributed by atoms with Crippen molar-refractivity contribution in [1.29, 1.82) is 0 Å². The molecule has 1 aromatic rings. The Labute approximate surface area is 113 Å². The first-order valence-electron chi connectivity index (χ1n) is 7.18. The van der Waals surface area contributed by atoms with Gasteiger partial charge in [-0.25, -0.2) is 0 Å². The van der Waals surface area contributed by atoms with Gasteiger partial charge in [0.15, 0.2) is 0 Å². The van der Waals surface area contributed by atoms with Crippen LogP contribution >= 0.6 is 0 Å². The van der Waals surface area contributed by atoms with Crippen molar-refractivity contribution >= 4 is 5.91 Å². The van der Waals surface area contributed by atoms with Crippen molar-refractivity contribution in [3.05, 3.63) is 17.5 Å². The molecular formula is C14H23N3O2. The quantitative estimate of drug-likeness (QED) is 0.761. The molecule has 1 unspecified atom stereocenters. The summed E-state index contributed by atoms with van der Waals surface area (Å²) in [6.45, 7) is 2.18. The number of amides is 1. The van der Waals surface area contributed by atoms with E-state index in [1.54, 1.807) is 6.92 Å². The Morgan fingerprint density at radius 2 is 2.26 bits per heavy atom. The molecule has 1 atom stereocenters. The van der Waals surface area contributed by atoms with E-state index >= 15 is 0 Å². The Morgan fingerprint density at radius 1 is 1.53 bits per heavy atom. The third-order valence-corrected chi connectivity index (χ3v) is 3.72. The number of aliphatic hydroxyl groups excluding tert-OH is 1. The molecule has 0 aromatic carbocycles. The summed E-state index contributed by atoms with van der Waals surface area (Å²) in [7, 11) is 0. The van der Waals surface area contributed by atoms with E-state index in [9.17, 15) is 4.79 Å². The summed E-state index contributed by atoms with van der Waals surface area (Å²) in [5, 5.41) is 19.0. The predicted octanol–water partition coefficient (Wildman–Crippen LogP) is 1.96. The summed E-state index contributed by atoms with van der Waals surface area (Å²) in [6, 6.07) is 1.87. The number of H-pyrrole nitrogens is 1. The molecule has 106 valence electrons. The number of hydrogen-bond donors (Lipinski definition) is 3. The van der Waals surface area contributed by atoms with Gasteiger partial charge in [-0.2, -0.15) is 5.10 Å². The minimum absolute atomic E-state index is 0.168. The largest absolute Gasteiger partial charge is 0.393 e. The normalized spacial score (nSPS) is 18.2. The van der Waals surface area contributed by atoms with Crippen LogP contribution in [0.15, 0.2) is 6.07 Å². The zero-order chi connectivity index (χ0) is 13.7. The Hall–Kier alpha value is -1.36. The van der Waals surface area contributed by atoms with Crippen LogP contribution in [0.2, 0.25) is 0 Å². The number of nitrogens with one attached hydrogen (secondary N) is 2. The maximum Gasteiger partial charge on any atom is 0.271 e. The van der Waals surface area contributed by atoms with Gasteiger partial charge in [-0.3, -0.25) is 9.89 Å². The summed E-state index contributed by atoms with van der Waals surface area (Å²) in [5.74, 6) is 0.360. The van der Waals surface area contributed by atoms with Crippen LogP contribution in [0.3, 0.4) is 0 Å². The van der Waals surface area contributed by atoms with E-state index in [0.717, 1.165) is 5.69 Å². The molecule has 1 aromatic heterocycles. The molecule has 0 saturated heterocycles. The Bertz CT molecular complexity index is 409. The molecule has 5 nitrogen and oxygen atoms in total. The van der Waals surface area contributed by atoms with Crippen LogP contribution in [-0.4, -0.2) is 33.9 Å². The van der Waals surface area contributed by atoms with Crippen molar-refractivity contribution in [2.45, 2.75) is 57.5 Å². The molecule has 0 spiro atoms. The lowest BCUT2D eigenvalue weighted by atomic mass is 9.87. The van der Waals surface area contributed by atoms with Gasteiger partial charge in [-0.15, -0.1) is 0 Å². The molecule has 19 heavy (non-hydrogen) atoms. The van der Waals surface area contributed by atoms with Gasteiger partial charge in [0.05, 0.1) is 6.10 Å². The van der Waals surface area contributed by atoms with Gasteiger partial charge < -0.3 is 10.4 Å². The zero-order valence-electron chi connectivity index (χ0n) is 11.5. The number of aliphatic hydroxyl groups is 1. The molecule has 1 aliphatic rings. The molecule has 1 saturated carbocycles. The molecule has 0 bridgehead atoms. The van der Waals surface area contributed by atoms with E-state index < -0.39 is 6.10 Å². The number of rotatable bonds is 5. The minimum Gasteiger partial charge on any atom is -0.393 e. The van der Waals surface area contributed by atoms with Crippen molar-refractivity contribution in [1.82, 2.24) is 15.5 Å². The van der Waals surface area contributed by atoms with Crippen LogP contribution in [0, 0.1) is 0 Å². The first-order chi connectivity index (χ1) is 9.16. The second-order valence-corrected chi connectivity index (χ2v) is 5.44. The summed E-state index contributed by atoms with van der Waals surface area (Å²) < 4.78 is 0. The van der Waals surface area contributed by atoms with Crippen molar-refractivity contribution in [2.75, 3.05) is 6.54 Å². The van der Waals surface area contributed by atoms with Crippen molar-refractivity contribution in [3.8, 4) is 0 Å². The molecule has 1 amide bonds.